The maximum Gasteiger partial charge on any atom is 0.164 e. The molecule has 3 nitrogen and oxygen atoms in total. The van der Waals surface area contributed by atoms with Crippen LogP contribution in [0.5, 0.6) is 0 Å². The number of fused-ring (bicyclic) bond motifs is 3. The smallest absolute Gasteiger partial charge is 0.164 e. The third kappa shape index (κ3) is 4.42. The largest absolute Gasteiger partial charge is 0.208 e. The SMILES string of the molecule is c1ccc(-c2nc(-c3ccccc3)nc(-c3ccc4c5c(cccc35)-c3cccc(-c5ccc6ccccc6c5)c3S4)n2)cc1. The first kappa shape index (κ1) is 25.9. The van der Waals surface area contributed by atoms with Crippen molar-refractivity contribution in [2.75, 3.05) is 0 Å². The van der Waals surface area contributed by atoms with E-state index in [1.54, 1.807) is 0 Å². The van der Waals surface area contributed by atoms with Gasteiger partial charge in [-0.05, 0) is 56.6 Å². The average molecular weight is 592 g/mol. The fourth-order valence-corrected chi connectivity index (χ4v) is 7.62. The van der Waals surface area contributed by atoms with Crippen molar-refractivity contribution in [3.05, 3.63) is 152 Å². The van der Waals surface area contributed by atoms with E-state index in [9.17, 15) is 0 Å². The highest BCUT2D eigenvalue weighted by atomic mass is 32.2. The maximum atomic E-state index is 5.05. The van der Waals surface area contributed by atoms with Crippen molar-refractivity contribution < 1.29 is 0 Å². The second kappa shape index (κ2) is 10.5. The molecule has 0 radical (unpaired) electrons. The minimum absolute atomic E-state index is 0.666. The Hall–Kier alpha value is -5.58. The first-order valence-electron chi connectivity index (χ1n) is 15.0. The summed E-state index contributed by atoms with van der Waals surface area (Å²) in [4.78, 5) is 17.5. The minimum Gasteiger partial charge on any atom is -0.208 e. The molecule has 0 bridgehead atoms. The molecule has 210 valence electrons. The molecule has 0 unspecified atom stereocenters. The van der Waals surface area contributed by atoms with Crippen molar-refractivity contribution in [3.63, 3.8) is 0 Å². The molecule has 0 aliphatic carbocycles. The van der Waals surface area contributed by atoms with Crippen LogP contribution >= 0.6 is 11.8 Å². The van der Waals surface area contributed by atoms with Crippen molar-refractivity contribution >= 4 is 33.3 Å². The molecule has 0 atom stereocenters. The fourth-order valence-electron chi connectivity index (χ4n) is 6.36. The van der Waals surface area contributed by atoms with Gasteiger partial charge < -0.3 is 0 Å². The van der Waals surface area contributed by atoms with E-state index in [0.29, 0.717) is 17.5 Å². The van der Waals surface area contributed by atoms with Gasteiger partial charge in [-0.25, -0.2) is 15.0 Å². The Morgan fingerprint density at radius 2 is 1.00 bits per heavy atom. The van der Waals surface area contributed by atoms with Crippen LogP contribution in [-0.2, 0) is 0 Å². The van der Waals surface area contributed by atoms with Gasteiger partial charge in [-0.3, -0.25) is 0 Å². The molecule has 8 aromatic rings. The van der Waals surface area contributed by atoms with Crippen LogP contribution in [0.3, 0.4) is 0 Å². The molecule has 9 rings (SSSR count). The zero-order valence-electron chi connectivity index (χ0n) is 24.2. The Balaban J connectivity index is 1.23. The van der Waals surface area contributed by atoms with E-state index < -0.39 is 0 Å². The molecule has 2 heterocycles. The number of rotatable bonds is 4. The predicted octanol–water partition coefficient (Wildman–Crippen LogP) is 11.0. The van der Waals surface area contributed by atoms with Gasteiger partial charge in [0.05, 0.1) is 0 Å². The topological polar surface area (TPSA) is 38.7 Å². The van der Waals surface area contributed by atoms with Crippen LogP contribution in [0, 0.1) is 0 Å². The lowest BCUT2D eigenvalue weighted by molar-refractivity contribution is 1.08. The zero-order valence-corrected chi connectivity index (χ0v) is 25.0. The predicted molar refractivity (Wildman–Crippen MR) is 186 cm³/mol. The summed E-state index contributed by atoms with van der Waals surface area (Å²) in [5, 5.41) is 4.89. The lowest BCUT2D eigenvalue weighted by atomic mass is 9.92. The highest BCUT2D eigenvalue weighted by Crippen LogP contribution is 2.52. The molecule has 4 heteroatoms. The van der Waals surface area contributed by atoms with E-state index in [0.717, 1.165) is 22.1 Å². The quantitative estimate of drug-likeness (QED) is 0.204. The molecule has 1 aliphatic rings. The Kier molecular flexibility index (Phi) is 6.06. The second-order valence-corrected chi connectivity index (χ2v) is 12.3. The third-order valence-electron chi connectivity index (χ3n) is 8.52. The van der Waals surface area contributed by atoms with Gasteiger partial charge >= 0.3 is 0 Å². The Morgan fingerprint density at radius 3 is 1.76 bits per heavy atom. The lowest BCUT2D eigenvalue weighted by Crippen LogP contribution is -2.01. The van der Waals surface area contributed by atoms with Crippen molar-refractivity contribution in [3.8, 4) is 56.4 Å². The molecule has 45 heavy (non-hydrogen) atoms. The molecule has 0 saturated heterocycles. The van der Waals surface area contributed by atoms with Crippen LogP contribution < -0.4 is 0 Å². The molecule has 0 amide bonds. The summed E-state index contributed by atoms with van der Waals surface area (Å²) in [6, 6.07) is 53.3. The minimum atomic E-state index is 0.666. The normalized spacial score (nSPS) is 11.9. The first-order chi connectivity index (χ1) is 22.3. The number of nitrogens with zero attached hydrogens (tertiary/aromatic N) is 3. The molecule has 0 spiro atoms. The maximum absolute atomic E-state index is 5.05. The van der Waals surface area contributed by atoms with Gasteiger partial charge in [-0.1, -0.05) is 145 Å². The molecule has 0 fully saturated rings. The standard InChI is InChI=1S/C41H25N3S/c1-3-12-27(13-4-1)39-42-40(28-14-5-2-6-15-28)44-41(43-39)35-23-24-36-37-32(18-10-19-33(35)37)34-20-9-17-31(38(34)45-36)30-22-21-26-11-7-8-16-29(26)25-30/h1-25H. The van der Waals surface area contributed by atoms with E-state index in [1.165, 1.54) is 48.2 Å². The summed E-state index contributed by atoms with van der Waals surface area (Å²) in [5.74, 6) is 2.01. The molecular weight excluding hydrogens is 567 g/mol. The van der Waals surface area contributed by atoms with Crippen LogP contribution in [0.1, 0.15) is 0 Å². The summed E-state index contributed by atoms with van der Waals surface area (Å²) in [6.45, 7) is 0. The Labute approximate surface area is 265 Å². The number of benzene rings is 7. The molecule has 1 aromatic heterocycles. The van der Waals surface area contributed by atoms with Crippen LogP contribution in [0.25, 0.3) is 78.0 Å². The molecular formula is C41H25N3S. The van der Waals surface area contributed by atoms with Gasteiger partial charge in [-0.2, -0.15) is 0 Å². The van der Waals surface area contributed by atoms with E-state index in [1.807, 2.05) is 72.4 Å². The van der Waals surface area contributed by atoms with E-state index in [-0.39, 0.29) is 0 Å². The summed E-state index contributed by atoms with van der Waals surface area (Å²) in [5.41, 5.74) is 7.92. The first-order valence-corrected chi connectivity index (χ1v) is 15.9. The lowest BCUT2D eigenvalue weighted by Gasteiger charge is -2.24. The Morgan fingerprint density at radius 1 is 0.378 bits per heavy atom. The third-order valence-corrected chi connectivity index (χ3v) is 9.72. The highest BCUT2D eigenvalue weighted by Gasteiger charge is 2.24. The summed E-state index contributed by atoms with van der Waals surface area (Å²) in [7, 11) is 0. The van der Waals surface area contributed by atoms with Gasteiger partial charge in [-0.15, -0.1) is 0 Å². The summed E-state index contributed by atoms with van der Waals surface area (Å²) in [6.07, 6.45) is 0. The summed E-state index contributed by atoms with van der Waals surface area (Å²) < 4.78 is 0. The molecule has 7 aromatic carbocycles. The van der Waals surface area contributed by atoms with Gasteiger partial charge in [0.2, 0.25) is 0 Å². The highest BCUT2D eigenvalue weighted by molar-refractivity contribution is 8.00. The zero-order chi connectivity index (χ0) is 29.7. The molecule has 0 saturated carbocycles. The van der Waals surface area contributed by atoms with Gasteiger partial charge in [0.25, 0.3) is 0 Å². The van der Waals surface area contributed by atoms with E-state index >= 15 is 0 Å². The van der Waals surface area contributed by atoms with Gasteiger partial charge in [0.1, 0.15) is 0 Å². The summed E-state index contributed by atoms with van der Waals surface area (Å²) >= 11 is 1.85. The van der Waals surface area contributed by atoms with Crippen LogP contribution in [0.15, 0.2) is 161 Å². The van der Waals surface area contributed by atoms with Gasteiger partial charge in [0.15, 0.2) is 17.5 Å². The van der Waals surface area contributed by atoms with Crippen LogP contribution in [0.4, 0.5) is 0 Å². The number of hydrogen-bond acceptors (Lipinski definition) is 4. The fraction of sp³-hybridized carbons (Fsp3) is 0. The van der Waals surface area contributed by atoms with Crippen molar-refractivity contribution in [2.24, 2.45) is 0 Å². The van der Waals surface area contributed by atoms with Crippen LogP contribution in [-0.4, -0.2) is 15.0 Å². The second-order valence-electron chi connectivity index (χ2n) is 11.2. The van der Waals surface area contributed by atoms with Crippen LogP contribution in [0.2, 0.25) is 0 Å². The number of hydrogen-bond donors (Lipinski definition) is 0. The van der Waals surface area contributed by atoms with E-state index in [2.05, 4.69) is 91.0 Å². The van der Waals surface area contributed by atoms with Gasteiger partial charge in [0, 0.05) is 31.9 Å². The monoisotopic (exact) mass is 591 g/mol. The van der Waals surface area contributed by atoms with Crippen molar-refractivity contribution in [2.45, 2.75) is 9.79 Å². The average Bonchev–Trinajstić information content (AvgIpc) is 3.12. The van der Waals surface area contributed by atoms with E-state index in [4.69, 9.17) is 15.0 Å². The number of aromatic nitrogens is 3. The van der Waals surface area contributed by atoms with Crippen molar-refractivity contribution in [1.82, 2.24) is 15.0 Å². The Bertz CT molecular complexity index is 2340. The molecule has 0 N–H and O–H groups in total. The molecule has 1 aliphatic heterocycles. The van der Waals surface area contributed by atoms with Crippen molar-refractivity contribution in [1.29, 1.82) is 0 Å².